The van der Waals surface area contributed by atoms with Gasteiger partial charge in [0, 0.05) is 28.4 Å². The van der Waals surface area contributed by atoms with Crippen molar-refractivity contribution in [1.29, 1.82) is 0 Å². The molecule has 0 bridgehead atoms. The van der Waals surface area contributed by atoms with E-state index in [1.54, 1.807) is 0 Å². The fourth-order valence-corrected chi connectivity index (χ4v) is 1.59. The Hall–Kier alpha value is -0.310. The number of hydrogen-bond donors (Lipinski definition) is 1. The molecule has 0 saturated carbocycles. The zero-order chi connectivity index (χ0) is 11.6. The fourth-order valence-electron chi connectivity index (χ4n) is 0.406. The topological polar surface area (TPSA) is 92.7 Å². The molecule has 0 aliphatic rings. The number of hydrogen-bond acceptors (Lipinski definition) is 5. The molecule has 10 heteroatoms. The van der Waals surface area contributed by atoms with Crippen LogP contribution in [0.15, 0.2) is 16.6 Å². The van der Waals surface area contributed by atoms with E-state index in [9.17, 15) is 16.8 Å². The molecule has 0 atom stereocenters. The first-order chi connectivity index (χ1) is 6.09. The van der Waals surface area contributed by atoms with Crippen LogP contribution in [0.4, 0.5) is 0 Å². The van der Waals surface area contributed by atoms with Crippen molar-refractivity contribution in [3.63, 3.8) is 0 Å². The third-order valence-electron chi connectivity index (χ3n) is 0.975. The molecule has 1 N–H and O–H groups in total. The van der Waals surface area contributed by atoms with Crippen LogP contribution in [0.1, 0.15) is 0 Å². The summed E-state index contributed by atoms with van der Waals surface area (Å²) in [7, 11) is 2.60. The zero-order valence-corrected chi connectivity index (χ0v) is 10.0. The Bertz CT molecular complexity index is 464. The maximum Gasteiger partial charge on any atom is 0.294 e. The van der Waals surface area contributed by atoms with Gasteiger partial charge >= 0.3 is 0 Å². The van der Waals surface area contributed by atoms with Crippen LogP contribution in [0.25, 0.3) is 0 Å². The van der Waals surface area contributed by atoms with Crippen molar-refractivity contribution in [2.24, 2.45) is 4.99 Å². The summed E-state index contributed by atoms with van der Waals surface area (Å²) in [4.78, 5) is 3.21. The molecule has 0 saturated heterocycles. The van der Waals surface area contributed by atoms with Crippen LogP contribution in [0.3, 0.4) is 0 Å². The Balaban J connectivity index is 4.98. The third-order valence-corrected chi connectivity index (χ3v) is 3.41. The van der Waals surface area contributed by atoms with Crippen molar-refractivity contribution in [1.82, 2.24) is 5.32 Å². The second-order valence-corrected chi connectivity index (χ2v) is 7.02. The van der Waals surface area contributed by atoms with Gasteiger partial charge in [0.05, 0.1) is 0 Å². The van der Waals surface area contributed by atoms with Gasteiger partial charge in [-0.1, -0.05) is 6.58 Å². The SMILES string of the molecule is C=C(NC(=NC)S(=O)(=O)Cl)S(=O)(=O)Cl. The van der Waals surface area contributed by atoms with E-state index < -0.39 is 28.3 Å². The second kappa shape index (κ2) is 4.47. The highest BCUT2D eigenvalue weighted by Crippen LogP contribution is 2.08. The summed E-state index contributed by atoms with van der Waals surface area (Å²) < 4.78 is 42.7. The van der Waals surface area contributed by atoms with Gasteiger partial charge < -0.3 is 5.32 Å². The number of rotatable bonds is 2. The molecule has 0 rings (SSSR count). The molecule has 0 amide bonds. The first kappa shape index (κ1) is 13.7. The smallest absolute Gasteiger partial charge is 0.294 e. The molecule has 0 aromatic carbocycles. The van der Waals surface area contributed by atoms with E-state index in [2.05, 4.69) is 11.6 Å². The Morgan fingerprint density at radius 2 is 1.64 bits per heavy atom. The van der Waals surface area contributed by atoms with Crippen molar-refractivity contribution in [2.75, 3.05) is 7.05 Å². The summed E-state index contributed by atoms with van der Waals surface area (Å²) in [6.45, 7) is 2.99. The predicted octanol–water partition coefficient (Wildman–Crippen LogP) is 0.170. The van der Waals surface area contributed by atoms with E-state index in [1.807, 2.05) is 5.32 Å². The van der Waals surface area contributed by atoms with Gasteiger partial charge in [0.2, 0.25) is 5.17 Å². The van der Waals surface area contributed by atoms with Gasteiger partial charge in [0.1, 0.15) is 5.03 Å². The Morgan fingerprint density at radius 1 is 1.21 bits per heavy atom. The molecule has 0 spiro atoms. The van der Waals surface area contributed by atoms with Crippen molar-refractivity contribution in [3.8, 4) is 0 Å². The molecule has 0 fully saturated rings. The molecule has 0 heterocycles. The van der Waals surface area contributed by atoms with Crippen molar-refractivity contribution < 1.29 is 16.8 Å². The molecule has 0 aliphatic heterocycles. The molecular formula is C4H6Cl2N2O4S2. The quantitative estimate of drug-likeness (QED) is 0.442. The van der Waals surface area contributed by atoms with Crippen LogP contribution in [-0.4, -0.2) is 29.1 Å². The van der Waals surface area contributed by atoms with E-state index in [4.69, 9.17) is 21.4 Å². The minimum absolute atomic E-state index is 0.719. The van der Waals surface area contributed by atoms with Crippen molar-refractivity contribution >= 4 is 44.6 Å². The lowest BCUT2D eigenvalue weighted by Crippen LogP contribution is -2.29. The minimum Gasteiger partial charge on any atom is -0.320 e. The monoisotopic (exact) mass is 280 g/mol. The third kappa shape index (κ3) is 4.27. The van der Waals surface area contributed by atoms with Crippen molar-refractivity contribution in [3.05, 3.63) is 11.6 Å². The highest BCUT2D eigenvalue weighted by Gasteiger charge is 2.20. The molecule has 0 unspecified atom stereocenters. The first-order valence-electron chi connectivity index (χ1n) is 2.91. The number of amidine groups is 1. The zero-order valence-electron chi connectivity index (χ0n) is 6.86. The standard InChI is InChI=1S/C4H6Cl2N2O4S2/c1-3(13(5,9)10)8-4(7-2)14(6,11)12/h1H2,2H3,(H,7,8). The second-order valence-electron chi connectivity index (χ2n) is 1.95. The summed E-state index contributed by atoms with van der Waals surface area (Å²) in [5, 5.41) is 0.402. The van der Waals surface area contributed by atoms with Crippen LogP contribution in [0, 0.1) is 0 Å². The van der Waals surface area contributed by atoms with Gasteiger partial charge in [0.25, 0.3) is 18.1 Å². The highest BCUT2D eigenvalue weighted by molar-refractivity contribution is 8.25. The van der Waals surface area contributed by atoms with E-state index in [-0.39, 0.29) is 0 Å². The Labute approximate surface area is 90.5 Å². The molecule has 82 valence electrons. The summed E-state index contributed by atoms with van der Waals surface area (Å²) in [5.41, 5.74) is 0. The summed E-state index contributed by atoms with van der Waals surface area (Å²) in [6, 6.07) is 0. The molecule has 14 heavy (non-hydrogen) atoms. The van der Waals surface area contributed by atoms with Crippen molar-refractivity contribution in [2.45, 2.75) is 0 Å². The van der Waals surface area contributed by atoms with Gasteiger partial charge in [-0.15, -0.1) is 0 Å². The summed E-state index contributed by atoms with van der Waals surface area (Å²) in [6.07, 6.45) is 0. The van der Waals surface area contributed by atoms with Gasteiger partial charge in [-0.05, 0) is 0 Å². The van der Waals surface area contributed by atoms with Crippen LogP contribution < -0.4 is 5.32 Å². The first-order valence-corrected chi connectivity index (χ1v) is 7.53. The van der Waals surface area contributed by atoms with Crippen LogP contribution >= 0.6 is 21.4 Å². The average molecular weight is 281 g/mol. The van der Waals surface area contributed by atoms with E-state index in [0.717, 1.165) is 7.05 Å². The lowest BCUT2D eigenvalue weighted by Gasteiger charge is -2.05. The predicted molar refractivity (Wildman–Crippen MR) is 55.2 cm³/mol. The molecule has 0 aromatic heterocycles. The van der Waals surface area contributed by atoms with E-state index >= 15 is 0 Å². The Kier molecular flexibility index (Phi) is 4.37. The lowest BCUT2D eigenvalue weighted by molar-refractivity contribution is 0.613. The van der Waals surface area contributed by atoms with E-state index in [1.165, 1.54) is 0 Å². The molecule has 0 aliphatic carbocycles. The van der Waals surface area contributed by atoms with Crippen LogP contribution in [-0.2, 0) is 18.1 Å². The van der Waals surface area contributed by atoms with Gasteiger partial charge in [0.15, 0.2) is 0 Å². The lowest BCUT2D eigenvalue weighted by atomic mass is 10.9. The Morgan fingerprint density at radius 3 is 1.86 bits per heavy atom. The van der Waals surface area contributed by atoms with Crippen LogP contribution in [0.2, 0.25) is 0 Å². The van der Waals surface area contributed by atoms with Gasteiger partial charge in [-0.25, -0.2) is 16.8 Å². The molecular weight excluding hydrogens is 275 g/mol. The maximum atomic E-state index is 10.7. The van der Waals surface area contributed by atoms with Gasteiger partial charge in [-0.3, -0.25) is 4.99 Å². The molecule has 6 nitrogen and oxygen atoms in total. The largest absolute Gasteiger partial charge is 0.320 e. The minimum atomic E-state index is -4.14. The van der Waals surface area contributed by atoms with Crippen LogP contribution in [0.5, 0.6) is 0 Å². The number of nitrogens with zero attached hydrogens (tertiary/aromatic N) is 1. The molecule has 0 radical (unpaired) electrons. The maximum absolute atomic E-state index is 10.7. The highest BCUT2D eigenvalue weighted by atomic mass is 35.7. The number of nitrogens with one attached hydrogen (secondary N) is 1. The number of aliphatic imine (C=N–C) groups is 1. The normalized spacial score (nSPS) is 13.8. The molecule has 0 aromatic rings. The summed E-state index contributed by atoms with van der Waals surface area (Å²) in [5.74, 6) is 0. The average Bonchev–Trinajstić information content (AvgIpc) is 1.95. The number of halogens is 2. The fraction of sp³-hybridized carbons (Fsp3) is 0.250. The van der Waals surface area contributed by atoms with Gasteiger partial charge in [-0.2, -0.15) is 0 Å². The summed E-state index contributed by atoms with van der Waals surface area (Å²) >= 11 is 0. The van der Waals surface area contributed by atoms with E-state index in [0.29, 0.717) is 0 Å².